The van der Waals surface area contributed by atoms with Gasteiger partial charge in [0.15, 0.2) is 0 Å². The smallest absolute Gasteiger partial charge is 0.341 e. The Morgan fingerprint density at radius 1 is 1.58 bits per heavy atom. The van der Waals surface area contributed by atoms with Gasteiger partial charge in [-0.2, -0.15) is 0 Å². The number of nitrogens with one attached hydrogen (secondary N) is 1. The number of hydrogen-bond donors (Lipinski definition) is 2. The SMILES string of the molecule is COc1[nH]c(=O)ccc1C(=O)O. The van der Waals surface area contributed by atoms with Crippen molar-refractivity contribution in [2.45, 2.75) is 0 Å². The molecule has 12 heavy (non-hydrogen) atoms. The van der Waals surface area contributed by atoms with Gasteiger partial charge in [0.1, 0.15) is 5.56 Å². The van der Waals surface area contributed by atoms with Crippen LogP contribution in [-0.4, -0.2) is 23.2 Å². The lowest BCUT2D eigenvalue weighted by Crippen LogP contribution is -2.10. The fraction of sp³-hybridized carbons (Fsp3) is 0.143. The molecule has 0 atom stereocenters. The Labute approximate surface area is 67.6 Å². The van der Waals surface area contributed by atoms with Crippen molar-refractivity contribution in [2.24, 2.45) is 0 Å². The largest absolute Gasteiger partial charge is 0.482 e. The summed E-state index contributed by atoms with van der Waals surface area (Å²) in [7, 11) is 1.29. The molecule has 0 bridgehead atoms. The van der Waals surface area contributed by atoms with Crippen molar-refractivity contribution >= 4 is 5.97 Å². The molecule has 5 heteroatoms. The highest BCUT2D eigenvalue weighted by molar-refractivity contribution is 5.89. The van der Waals surface area contributed by atoms with Crippen LogP contribution in [-0.2, 0) is 0 Å². The summed E-state index contributed by atoms with van der Waals surface area (Å²) in [6.45, 7) is 0. The zero-order chi connectivity index (χ0) is 9.14. The molecule has 1 heterocycles. The van der Waals surface area contributed by atoms with Gasteiger partial charge in [0.2, 0.25) is 5.88 Å². The lowest BCUT2D eigenvalue weighted by molar-refractivity contribution is 0.0692. The van der Waals surface area contributed by atoms with E-state index in [0.717, 1.165) is 6.07 Å². The number of pyridine rings is 1. The molecule has 5 nitrogen and oxygen atoms in total. The van der Waals surface area contributed by atoms with Crippen LogP contribution in [0.15, 0.2) is 16.9 Å². The van der Waals surface area contributed by atoms with Crippen LogP contribution in [0.1, 0.15) is 10.4 Å². The molecule has 1 aromatic heterocycles. The number of methoxy groups -OCH3 is 1. The van der Waals surface area contributed by atoms with Gasteiger partial charge < -0.3 is 9.84 Å². The summed E-state index contributed by atoms with van der Waals surface area (Å²) in [5, 5.41) is 8.59. The normalized spacial score (nSPS) is 9.42. The van der Waals surface area contributed by atoms with E-state index in [1.807, 2.05) is 0 Å². The minimum atomic E-state index is -1.14. The fourth-order valence-corrected chi connectivity index (χ4v) is 0.785. The van der Waals surface area contributed by atoms with Crippen LogP contribution < -0.4 is 10.3 Å². The molecular weight excluding hydrogens is 162 g/mol. The molecule has 64 valence electrons. The Hall–Kier alpha value is -1.78. The van der Waals surface area contributed by atoms with Crippen molar-refractivity contribution in [3.63, 3.8) is 0 Å². The summed E-state index contributed by atoms with van der Waals surface area (Å²) in [6.07, 6.45) is 0. The van der Waals surface area contributed by atoms with E-state index >= 15 is 0 Å². The molecule has 0 saturated carbocycles. The van der Waals surface area contributed by atoms with E-state index in [1.165, 1.54) is 13.2 Å². The van der Waals surface area contributed by atoms with Gasteiger partial charge in [0, 0.05) is 6.07 Å². The molecule has 1 rings (SSSR count). The van der Waals surface area contributed by atoms with E-state index in [0.29, 0.717) is 0 Å². The molecule has 1 aromatic rings. The maximum Gasteiger partial charge on any atom is 0.341 e. The number of aromatic amines is 1. The van der Waals surface area contributed by atoms with Crippen LogP contribution in [0.2, 0.25) is 0 Å². The molecule has 0 saturated heterocycles. The number of aromatic nitrogens is 1. The number of carboxylic acids is 1. The zero-order valence-corrected chi connectivity index (χ0v) is 6.33. The lowest BCUT2D eigenvalue weighted by Gasteiger charge is -2.01. The third-order valence-corrected chi connectivity index (χ3v) is 1.32. The maximum absolute atomic E-state index is 10.7. The van der Waals surface area contributed by atoms with Crippen LogP contribution in [0, 0.1) is 0 Å². The summed E-state index contributed by atoms with van der Waals surface area (Å²) in [5.74, 6) is -1.17. The van der Waals surface area contributed by atoms with Gasteiger partial charge in [-0.1, -0.05) is 0 Å². The quantitative estimate of drug-likeness (QED) is 0.657. The number of hydrogen-bond acceptors (Lipinski definition) is 3. The van der Waals surface area contributed by atoms with Gasteiger partial charge >= 0.3 is 5.97 Å². The first-order valence-corrected chi connectivity index (χ1v) is 3.15. The van der Waals surface area contributed by atoms with E-state index in [9.17, 15) is 9.59 Å². The van der Waals surface area contributed by atoms with Crippen molar-refractivity contribution in [3.8, 4) is 5.88 Å². The van der Waals surface area contributed by atoms with Crippen molar-refractivity contribution < 1.29 is 14.6 Å². The van der Waals surface area contributed by atoms with Crippen LogP contribution in [0.25, 0.3) is 0 Å². The molecule has 0 amide bonds. The van der Waals surface area contributed by atoms with Crippen molar-refractivity contribution in [1.29, 1.82) is 0 Å². The molecule has 0 aliphatic rings. The highest BCUT2D eigenvalue weighted by atomic mass is 16.5. The first-order chi connectivity index (χ1) is 5.65. The first kappa shape index (κ1) is 8.32. The second-order valence-electron chi connectivity index (χ2n) is 2.07. The van der Waals surface area contributed by atoms with Crippen LogP contribution in [0.4, 0.5) is 0 Å². The van der Waals surface area contributed by atoms with E-state index in [4.69, 9.17) is 5.11 Å². The predicted molar refractivity (Wildman–Crippen MR) is 40.6 cm³/mol. The topological polar surface area (TPSA) is 79.4 Å². The summed E-state index contributed by atoms with van der Waals surface area (Å²) in [6, 6.07) is 2.33. The van der Waals surface area contributed by atoms with E-state index in [1.54, 1.807) is 0 Å². The third kappa shape index (κ3) is 1.45. The summed E-state index contributed by atoms with van der Waals surface area (Å²) < 4.78 is 4.65. The number of H-pyrrole nitrogens is 1. The predicted octanol–water partition coefficient (Wildman–Crippen LogP) is 0.0817. The third-order valence-electron chi connectivity index (χ3n) is 1.32. The standard InChI is InChI=1S/C7H7NO4/c1-12-6-4(7(10)11)2-3-5(9)8-6/h2-3H,1H3,(H,8,9)(H,10,11). The summed E-state index contributed by atoms with van der Waals surface area (Å²) in [4.78, 5) is 23.4. The zero-order valence-electron chi connectivity index (χ0n) is 6.33. The van der Waals surface area contributed by atoms with Gasteiger partial charge in [-0.05, 0) is 6.07 Å². The molecule has 0 aromatic carbocycles. The highest BCUT2D eigenvalue weighted by Crippen LogP contribution is 2.10. The molecule has 2 N–H and O–H groups in total. The highest BCUT2D eigenvalue weighted by Gasteiger charge is 2.10. The van der Waals surface area contributed by atoms with Gasteiger partial charge in [-0.15, -0.1) is 0 Å². The molecule has 0 aliphatic carbocycles. The Morgan fingerprint density at radius 2 is 2.25 bits per heavy atom. The average Bonchev–Trinajstić information content (AvgIpc) is 2.03. The summed E-state index contributed by atoms with van der Waals surface area (Å²) in [5.41, 5.74) is -0.450. The summed E-state index contributed by atoms with van der Waals surface area (Å²) >= 11 is 0. The van der Waals surface area contributed by atoms with Gasteiger partial charge in [0.05, 0.1) is 7.11 Å². The monoisotopic (exact) mass is 169 g/mol. The number of carbonyl (C=O) groups is 1. The maximum atomic E-state index is 10.7. The molecule has 0 fully saturated rings. The van der Waals surface area contributed by atoms with Crippen LogP contribution in [0.3, 0.4) is 0 Å². The van der Waals surface area contributed by atoms with E-state index in [2.05, 4.69) is 9.72 Å². The van der Waals surface area contributed by atoms with Gasteiger partial charge in [-0.3, -0.25) is 9.78 Å². The first-order valence-electron chi connectivity index (χ1n) is 3.15. The minimum absolute atomic E-state index is 0.0324. The Bertz CT molecular complexity index is 355. The molecule has 0 aliphatic heterocycles. The number of carboxylic acid groups (broad SMARTS) is 1. The van der Waals surface area contributed by atoms with Crippen molar-refractivity contribution in [2.75, 3.05) is 7.11 Å². The van der Waals surface area contributed by atoms with Gasteiger partial charge in [0.25, 0.3) is 5.56 Å². The molecular formula is C7H7NO4. The molecule has 0 unspecified atom stereocenters. The Balaban J connectivity index is 3.29. The number of aromatic carboxylic acids is 1. The minimum Gasteiger partial charge on any atom is -0.482 e. The second kappa shape index (κ2) is 3.08. The van der Waals surface area contributed by atoms with Crippen molar-refractivity contribution in [1.82, 2.24) is 4.98 Å². The molecule has 0 radical (unpaired) electrons. The van der Waals surface area contributed by atoms with E-state index in [-0.39, 0.29) is 11.4 Å². The Morgan fingerprint density at radius 3 is 2.75 bits per heavy atom. The van der Waals surface area contributed by atoms with Crippen LogP contribution in [0.5, 0.6) is 5.88 Å². The van der Waals surface area contributed by atoms with E-state index < -0.39 is 11.5 Å². The Kier molecular flexibility index (Phi) is 2.14. The number of ether oxygens (including phenoxy) is 1. The second-order valence-corrected chi connectivity index (χ2v) is 2.07. The lowest BCUT2D eigenvalue weighted by atomic mass is 10.3. The number of rotatable bonds is 2. The van der Waals surface area contributed by atoms with Gasteiger partial charge in [-0.25, -0.2) is 4.79 Å². The fourth-order valence-electron chi connectivity index (χ4n) is 0.785. The van der Waals surface area contributed by atoms with Crippen molar-refractivity contribution in [3.05, 3.63) is 28.0 Å². The molecule has 0 spiro atoms. The van der Waals surface area contributed by atoms with Crippen LogP contribution >= 0.6 is 0 Å². The average molecular weight is 169 g/mol.